The summed E-state index contributed by atoms with van der Waals surface area (Å²) in [7, 11) is 0. The van der Waals surface area contributed by atoms with Crippen molar-refractivity contribution in [2.24, 2.45) is 0 Å². The first-order valence-electron chi connectivity index (χ1n) is 9.61. The van der Waals surface area contributed by atoms with E-state index < -0.39 is 16.5 Å². The number of aryl methyl sites for hydroxylation is 1. The molecule has 0 saturated heterocycles. The van der Waals surface area contributed by atoms with Crippen molar-refractivity contribution in [2.45, 2.75) is 13.8 Å². The van der Waals surface area contributed by atoms with Crippen molar-refractivity contribution in [1.29, 1.82) is 0 Å². The smallest absolute Gasteiger partial charge is 0.342 e. The van der Waals surface area contributed by atoms with Gasteiger partial charge in [0.15, 0.2) is 0 Å². The molecule has 0 aliphatic rings. The molecular formula is C22H17N3O7. The van der Waals surface area contributed by atoms with E-state index >= 15 is 0 Å². The first-order valence-corrected chi connectivity index (χ1v) is 9.61. The lowest BCUT2D eigenvalue weighted by atomic mass is 10.2. The Morgan fingerprint density at radius 3 is 2.62 bits per heavy atom. The second-order valence-electron chi connectivity index (χ2n) is 6.66. The van der Waals surface area contributed by atoms with Crippen molar-refractivity contribution in [2.75, 3.05) is 6.61 Å². The summed E-state index contributed by atoms with van der Waals surface area (Å²) >= 11 is 0. The molecule has 4 rings (SSSR count). The Hall–Kier alpha value is -4.47. The summed E-state index contributed by atoms with van der Waals surface area (Å²) in [6.45, 7) is 3.31. The van der Waals surface area contributed by atoms with E-state index in [1.165, 1.54) is 35.8 Å². The van der Waals surface area contributed by atoms with Gasteiger partial charge in [0.25, 0.3) is 11.2 Å². The fraction of sp³-hybridized carbons (Fsp3) is 0.136. The van der Waals surface area contributed by atoms with E-state index in [1.807, 2.05) is 0 Å². The molecule has 0 spiro atoms. The molecule has 0 amide bonds. The molecule has 10 heteroatoms. The quantitative estimate of drug-likeness (QED) is 0.251. The predicted molar refractivity (Wildman–Crippen MR) is 113 cm³/mol. The first-order chi connectivity index (χ1) is 15.4. The molecule has 2 aromatic heterocycles. The number of nitro groups is 1. The van der Waals surface area contributed by atoms with E-state index in [4.69, 9.17) is 13.9 Å². The second-order valence-corrected chi connectivity index (χ2v) is 6.66. The van der Waals surface area contributed by atoms with Gasteiger partial charge in [-0.1, -0.05) is 24.3 Å². The molecule has 0 radical (unpaired) electrons. The molecule has 0 fully saturated rings. The third-order valence-corrected chi connectivity index (χ3v) is 4.60. The highest BCUT2D eigenvalue weighted by atomic mass is 16.6. The van der Waals surface area contributed by atoms with Gasteiger partial charge in [0.2, 0.25) is 5.71 Å². The van der Waals surface area contributed by atoms with Crippen molar-refractivity contribution < 1.29 is 23.6 Å². The molecule has 4 aromatic rings. The van der Waals surface area contributed by atoms with Gasteiger partial charge in [-0.2, -0.15) is 4.98 Å². The van der Waals surface area contributed by atoms with E-state index in [9.17, 15) is 19.7 Å². The fourth-order valence-corrected chi connectivity index (χ4v) is 3.23. The highest BCUT2D eigenvalue weighted by Gasteiger charge is 2.27. The molecule has 2 aromatic carbocycles. The van der Waals surface area contributed by atoms with Crippen LogP contribution in [0.25, 0.3) is 16.8 Å². The molecule has 10 nitrogen and oxygen atoms in total. The van der Waals surface area contributed by atoms with Gasteiger partial charge in [-0.3, -0.25) is 14.9 Å². The van der Waals surface area contributed by atoms with Crippen LogP contribution in [0, 0.1) is 17.0 Å². The van der Waals surface area contributed by atoms with Gasteiger partial charge in [-0.25, -0.2) is 9.36 Å². The Bertz CT molecular complexity index is 1390. The van der Waals surface area contributed by atoms with E-state index in [-0.39, 0.29) is 46.5 Å². The lowest BCUT2D eigenvalue weighted by molar-refractivity contribution is -0.384. The number of fused-ring (bicyclic) bond motifs is 1. The number of aromatic nitrogens is 2. The fourth-order valence-electron chi connectivity index (χ4n) is 3.23. The van der Waals surface area contributed by atoms with Crippen molar-refractivity contribution in [3.8, 4) is 17.4 Å². The Kier molecular flexibility index (Phi) is 5.42. The zero-order chi connectivity index (χ0) is 22.8. The lowest BCUT2D eigenvalue weighted by Gasteiger charge is -2.12. The number of hydrogen-bond acceptors (Lipinski definition) is 8. The third-order valence-electron chi connectivity index (χ3n) is 4.60. The molecular weight excluding hydrogens is 418 g/mol. The molecule has 0 aliphatic carbocycles. The molecule has 0 bridgehead atoms. The molecule has 2 heterocycles. The van der Waals surface area contributed by atoms with Gasteiger partial charge in [0.05, 0.1) is 23.3 Å². The first kappa shape index (κ1) is 20.8. The molecule has 0 unspecified atom stereocenters. The van der Waals surface area contributed by atoms with Crippen LogP contribution < -0.4 is 10.3 Å². The Morgan fingerprint density at radius 1 is 1.19 bits per heavy atom. The Balaban J connectivity index is 1.97. The van der Waals surface area contributed by atoms with Crippen LogP contribution in [0.1, 0.15) is 23.0 Å². The maximum atomic E-state index is 13.5. The number of esters is 1. The molecule has 32 heavy (non-hydrogen) atoms. The number of ether oxygens (including phenoxy) is 2. The van der Waals surface area contributed by atoms with Gasteiger partial charge >= 0.3 is 12.0 Å². The van der Waals surface area contributed by atoms with Crippen LogP contribution in [0.5, 0.6) is 11.8 Å². The van der Waals surface area contributed by atoms with Crippen molar-refractivity contribution in [3.05, 3.63) is 86.4 Å². The van der Waals surface area contributed by atoms with Crippen LogP contribution in [0.3, 0.4) is 0 Å². The largest absolute Gasteiger partial charge is 0.462 e. The highest BCUT2D eigenvalue weighted by Crippen LogP contribution is 2.29. The van der Waals surface area contributed by atoms with E-state index in [1.54, 1.807) is 37.3 Å². The number of non-ortho nitro benzene ring substituents is 1. The average molecular weight is 435 g/mol. The van der Waals surface area contributed by atoms with E-state index in [0.717, 1.165) is 0 Å². The minimum atomic E-state index is -0.699. The topological polar surface area (TPSA) is 127 Å². The predicted octanol–water partition coefficient (Wildman–Crippen LogP) is 4.16. The van der Waals surface area contributed by atoms with E-state index in [2.05, 4.69) is 4.98 Å². The third kappa shape index (κ3) is 3.69. The second kappa shape index (κ2) is 8.34. The number of para-hydroxylation sites is 1. The maximum absolute atomic E-state index is 13.5. The number of nitrogens with zero attached hydrogens (tertiary/aromatic N) is 3. The summed E-state index contributed by atoms with van der Waals surface area (Å²) in [4.78, 5) is 40.8. The van der Waals surface area contributed by atoms with Crippen LogP contribution in [-0.4, -0.2) is 27.1 Å². The SMILES string of the molecule is CCOC(=O)c1c(C)oc2nc(Oc3cccc([N+](=O)[O-])c3)n(-c3ccccc3)c(=O)c12. The van der Waals surface area contributed by atoms with Crippen LogP contribution in [0.4, 0.5) is 5.69 Å². The van der Waals surface area contributed by atoms with Crippen LogP contribution in [0.2, 0.25) is 0 Å². The van der Waals surface area contributed by atoms with Gasteiger partial charge in [0, 0.05) is 6.07 Å². The van der Waals surface area contributed by atoms with Crippen LogP contribution >= 0.6 is 0 Å². The summed E-state index contributed by atoms with van der Waals surface area (Å²) in [5.74, 6) is -0.422. The van der Waals surface area contributed by atoms with Gasteiger partial charge in [-0.15, -0.1) is 0 Å². The molecule has 162 valence electrons. The minimum absolute atomic E-state index is 0.00840. The average Bonchev–Trinajstić information content (AvgIpc) is 3.11. The molecule has 0 atom stereocenters. The molecule has 0 saturated carbocycles. The minimum Gasteiger partial charge on any atom is -0.462 e. The Morgan fingerprint density at radius 2 is 1.94 bits per heavy atom. The Labute approximate surface area is 180 Å². The van der Waals surface area contributed by atoms with Crippen LogP contribution in [-0.2, 0) is 4.74 Å². The van der Waals surface area contributed by atoms with Crippen molar-refractivity contribution in [1.82, 2.24) is 9.55 Å². The standard InChI is InChI=1S/C22H17N3O7/c1-3-30-21(27)17-13(2)31-19-18(17)20(26)24(14-8-5-4-6-9-14)22(23-19)32-16-11-7-10-15(12-16)25(28)29/h4-12H,3H2,1-2H3. The summed E-state index contributed by atoms with van der Waals surface area (Å²) < 4.78 is 17.6. The normalized spacial score (nSPS) is 10.8. The maximum Gasteiger partial charge on any atom is 0.342 e. The van der Waals surface area contributed by atoms with Gasteiger partial charge in [-0.05, 0) is 32.0 Å². The summed E-state index contributed by atoms with van der Waals surface area (Å²) in [6.07, 6.45) is 0. The van der Waals surface area contributed by atoms with Crippen molar-refractivity contribution >= 4 is 22.8 Å². The summed E-state index contributed by atoms with van der Waals surface area (Å²) in [5, 5.41) is 11.1. The number of carbonyl (C=O) groups excluding carboxylic acids is 1. The summed E-state index contributed by atoms with van der Waals surface area (Å²) in [6, 6.07) is 13.8. The van der Waals surface area contributed by atoms with Gasteiger partial charge < -0.3 is 13.9 Å². The zero-order valence-corrected chi connectivity index (χ0v) is 17.1. The summed E-state index contributed by atoms with van der Waals surface area (Å²) in [5.41, 5.74) is -0.493. The lowest BCUT2D eigenvalue weighted by Crippen LogP contribution is -2.22. The number of hydrogen-bond donors (Lipinski definition) is 0. The number of rotatable bonds is 6. The molecule has 0 N–H and O–H groups in total. The number of benzene rings is 2. The highest BCUT2D eigenvalue weighted by molar-refractivity contribution is 6.03. The monoisotopic (exact) mass is 435 g/mol. The number of carbonyl (C=O) groups is 1. The number of furan rings is 1. The molecule has 0 aliphatic heterocycles. The zero-order valence-electron chi connectivity index (χ0n) is 17.1. The van der Waals surface area contributed by atoms with Crippen LogP contribution in [0.15, 0.2) is 63.8 Å². The van der Waals surface area contributed by atoms with E-state index in [0.29, 0.717) is 5.69 Å². The number of nitro benzene ring substituents is 1. The van der Waals surface area contributed by atoms with Gasteiger partial charge in [0.1, 0.15) is 22.5 Å². The van der Waals surface area contributed by atoms with Crippen molar-refractivity contribution in [3.63, 3.8) is 0 Å².